The van der Waals surface area contributed by atoms with Crippen LogP contribution in [0.4, 0.5) is 0 Å². The maximum absolute atomic E-state index is 9.39. The second-order valence-electron chi connectivity index (χ2n) is 4.05. The Hall–Kier alpha value is -1.30. The number of aromatic nitrogens is 1. The molecular weight excluding hydrogens is 346 g/mol. The number of ether oxygens (including phenoxy) is 2. The molecule has 0 aliphatic rings. The molecule has 0 unspecified atom stereocenters. The molecular formula is C14H13BrClNO3. The number of benzene rings is 1. The highest BCUT2D eigenvalue weighted by molar-refractivity contribution is 9.10. The smallest absolute Gasteiger partial charge is 0.167 e. The maximum Gasteiger partial charge on any atom is 0.167 e. The van der Waals surface area contributed by atoms with E-state index < -0.39 is 0 Å². The summed E-state index contributed by atoms with van der Waals surface area (Å²) in [5, 5.41) is 9.88. The van der Waals surface area contributed by atoms with Crippen molar-refractivity contribution in [1.29, 1.82) is 0 Å². The topological polar surface area (TPSA) is 51.6 Å². The third kappa shape index (κ3) is 3.62. The van der Waals surface area contributed by atoms with E-state index in [0.717, 1.165) is 10.0 Å². The zero-order chi connectivity index (χ0) is 14.5. The van der Waals surface area contributed by atoms with Crippen molar-refractivity contribution in [2.45, 2.75) is 13.2 Å². The minimum Gasteiger partial charge on any atom is -0.493 e. The summed E-state index contributed by atoms with van der Waals surface area (Å²) in [5.74, 6) is 0.976. The summed E-state index contributed by atoms with van der Waals surface area (Å²) in [5.41, 5.74) is 1.48. The van der Waals surface area contributed by atoms with E-state index >= 15 is 0 Å². The number of rotatable bonds is 5. The third-order valence-electron chi connectivity index (χ3n) is 2.63. The van der Waals surface area contributed by atoms with Gasteiger partial charge in [-0.25, -0.2) is 0 Å². The van der Waals surface area contributed by atoms with Gasteiger partial charge in [0.1, 0.15) is 6.61 Å². The number of nitrogens with zero attached hydrogens (tertiary/aromatic N) is 1. The van der Waals surface area contributed by atoms with E-state index in [-0.39, 0.29) is 6.61 Å². The zero-order valence-electron chi connectivity index (χ0n) is 10.8. The van der Waals surface area contributed by atoms with Crippen LogP contribution in [-0.4, -0.2) is 17.2 Å². The van der Waals surface area contributed by atoms with E-state index in [1.807, 2.05) is 6.07 Å². The van der Waals surface area contributed by atoms with Crippen LogP contribution in [0, 0.1) is 0 Å². The molecule has 0 spiro atoms. The van der Waals surface area contributed by atoms with Crippen molar-refractivity contribution in [1.82, 2.24) is 4.98 Å². The molecule has 1 N–H and O–H groups in total. The van der Waals surface area contributed by atoms with Crippen molar-refractivity contribution in [3.05, 3.63) is 51.2 Å². The Kier molecular flexibility index (Phi) is 5.23. The normalized spacial score (nSPS) is 10.4. The van der Waals surface area contributed by atoms with Crippen LogP contribution in [0.25, 0.3) is 0 Å². The molecule has 2 rings (SSSR count). The van der Waals surface area contributed by atoms with Gasteiger partial charge in [0.25, 0.3) is 0 Å². The van der Waals surface area contributed by atoms with Gasteiger partial charge in [-0.3, -0.25) is 4.98 Å². The monoisotopic (exact) mass is 357 g/mol. The van der Waals surface area contributed by atoms with Gasteiger partial charge in [0, 0.05) is 39.1 Å². The number of hydrogen-bond acceptors (Lipinski definition) is 4. The summed E-state index contributed by atoms with van der Waals surface area (Å²) in [7, 11) is 1.53. The van der Waals surface area contributed by atoms with Gasteiger partial charge in [0.05, 0.1) is 13.7 Å². The molecule has 4 nitrogen and oxygen atoms in total. The van der Waals surface area contributed by atoms with Crippen LogP contribution in [0.2, 0.25) is 5.02 Å². The largest absolute Gasteiger partial charge is 0.493 e. The summed E-state index contributed by atoms with van der Waals surface area (Å²) in [6, 6.07) is 5.21. The number of hydrogen-bond donors (Lipinski definition) is 1. The summed E-state index contributed by atoms with van der Waals surface area (Å²) in [4.78, 5) is 4.07. The molecule has 0 amide bonds. The second kappa shape index (κ2) is 6.92. The lowest BCUT2D eigenvalue weighted by Gasteiger charge is -2.14. The highest BCUT2D eigenvalue weighted by Crippen LogP contribution is 2.35. The first-order valence-corrected chi connectivity index (χ1v) is 7.00. The highest BCUT2D eigenvalue weighted by atomic mass is 79.9. The molecule has 0 saturated heterocycles. The molecule has 2 aromatic rings. The number of aliphatic hydroxyl groups excluding tert-OH is 1. The lowest BCUT2D eigenvalue weighted by atomic mass is 10.2. The first-order chi connectivity index (χ1) is 9.63. The number of aliphatic hydroxyl groups is 1. The average Bonchev–Trinajstić information content (AvgIpc) is 2.45. The standard InChI is InChI=1S/C14H13BrClNO3/c1-19-13-4-12(16)3-10(7-18)14(13)20-8-9-2-11(15)6-17-5-9/h2-6,18H,7-8H2,1H3. The summed E-state index contributed by atoms with van der Waals surface area (Å²) < 4.78 is 11.9. The van der Waals surface area contributed by atoms with Gasteiger partial charge < -0.3 is 14.6 Å². The number of pyridine rings is 1. The van der Waals surface area contributed by atoms with Crippen LogP contribution in [0.3, 0.4) is 0 Å². The first-order valence-electron chi connectivity index (χ1n) is 5.83. The molecule has 20 heavy (non-hydrogen) atoms. The van der Waals surface area contributed by atoms with Crippen LogP contribution in [0.15, 0.2) is 35.1 Å². The van der Waals surface area contributed by atoms with Crippen molar-refractivity contribution < 1.29 is 14.6 Å². The van der Waals surface area contributed by atoms with Crippen LogP contribution < -0.4 is 9.47 Å². The fraction of sp³-hybridized carbons (Fsp3) is 0.214. The van der Waals surface area contributed by atoms with Crippen LogP contribution in [0.5, 0.6) is 11.5 Å². The van der Waals surface area contributed by atoms with Gasteiger partial charge in [-0.1, -0.05) is 11.6 Å². The third-order valence-corrected chi connectivity index (χ3v) is 3.28. The van der Waals surface area contributed by atoms with E-state index in [4.69, 9.17) is 21.1 Å². The molecule has 1 aromatic heterocycles. The zero-order valence-corrected chi connectivity index (χ0v) is 13.1. The van der Waals surface area contributed by atoms with Crippen molar-refractivity contribution in [2.75, 3.05) is 7.11 Å². The lowest BCUT2D eigenvalue weighted by molar-refractivity contribution is 0.249. The predicted octanol–water partition coefficient (Wildman–Crippen LogP) is 3.58. The quantitative estimate of drug-likeness (QED) is 0.887. The number of methoxy groups -OCH3 is 1. The Morgan fingerprint density at radius 2 is 2.10 bits per heavy atom. The molecule has 0 fully saturated rings. The Balaban J connectivity index is 2.24. The van der Waals surface area contributed by atoms with Crippen molar-refractivity contribution >= 4 is 27.5 Å². The van der Waals surface area contributed by atoms with Gasteiger partial charge in [-0.15, -0.1) is 0 Å². The molecule has 1 aromatic carbocycles. The molecule has 0 aliphatic carbocycles. The van der Waals surface area contributed by atoms with Gasteiger partial charge in [0.15, 0.2) is 11.5 Å². The molecule has 0 radical (unpaired) electrons. The Morgan fingerprint density at radius 3 is 2.75 bits per heavy atom. The maximum atomic E-state index is 9.39. The van der Waals surface area contributed by atoms with E-state index in [0.29, 0.717) is 28.7 Å². The molecule has 0 bridgehead atoms. The van der Waals surface area contributed by atoms with E-state index in [1.165, 1.54) is 7.11 Å². The molecule has 1 heterocycles. The lowest BCUT2D eigenvalue weighted by Crippen LogP contribution is -2.02. The van der Waals surface area contributed by atoms with Gasteiger partial charge in [-0.05, 0) is 28.1 Å². The van der Waals surface area contributed by atoms with Crippen molar-refractivity contribution in [3.8, 4) is 11.5 Å². The fourth-order valence-electron chi connectivity index (χ4n) is 1.75. The average molecular weight is 359 g/mol. The molecule has 6 heteroatoms. The van der Waals surface area contributed by atoms with Crippen LogP contribution >= 0.6 is 27.5 Å². The predicted molar refractivity (Wildman–Crippen MR) is 80.2 cm³/mol. The SMILES string of the molecule is COc1cc(Cl)cc(CO)c1OCc1cncc(Br)c1. The Bertz CT molecular complexity index is 582. The summed E-state index contributed by atoms with van der Waals surface area (Å²) >= 11 is 9.31. The Morgan fingerprint density at radius 1 is 1.30 bits per heavy atom. The summed E-state index contributed by atoms with van der Waals surface area (Å²) in [6.07, 6.45) is 3.41. The van der Waals surface area contributed by atoms with Gasteiger partial charge >= 0.3 is 0 Å². The van der Waals surface area contributed by atoms with E-state index in [2.05, 4.69) is 20.9 Å². The highest BCUT2D eigenvalue weighted by Gasteiger charge is 2.12. The molecule has 0 atom stereocenters. The first kappa shape index (κ1) is 15.1. The van der Waals surface area contributed by atoms with Crippen LogP contribution in [0.1, 0.15) is 11.1 Å². The van der Waals surface area contributed by atoms with E-state index in [1.54, 1.807) is 24.5 Å². The second-order valence-corrected chi connectivity index (χ2v) is 5.41. The van der Waals surface area contributed by atoms with Crippen molar-refractivity contribution in [3.63, 3.8) is 0 Å². The minimum atomic E-state index is -0.178. The molecule has 0 saturated carbocycles. The van der Waals surface area contributed by atoms with Crippen molar-refractivity contribution in [2.24, 2.45) is 0 Å². The molecule has 106 valence electrons. The van der Waals surface area contributed by atoms with Gasteiger partial charge in [-0.2, -0.15) is 0 Å². The fourth-order valence-corrected chi connectivity index (χ4v) is 2.39. The Labute approximate surface area is 130 Å². The number of halogens is 2. The van der Waals surface area contributed by atoms with E-state index in [9.17, 15) is 5.11 Å². The van der Waals surface area contributed by atoms with Gasteiger partial charge in [0.2, 0.25) is 0 Å². The summed E-state index contributed by atoms with van der Waals surface area (Å²) in [6.45, 7) is 0.139. The van der Waals surface area contributed by atoms with Crippen LogP contribution in [-0.2, 0) is 13.2 Å². The minimum absolute atomic E-state index is 0.178. The molecule has 0 aliphatic heterocycles.